The van der Waals surface area contributed by atoms with E-state index in [1.807, 2.05) is 19.1 Å². The van der Waals surface area contributed by atoms with E-state index in [2.05, 4.69) is 16.8 Å². The third kappa shape index (κ3) is 3.29. The number of rotatable bonds is 4. The number of nitrogen functional groups attached to an aromatic ring is 1. The summed E-state index contributed by atoms with van der Waals surface area (Å²) in [7, 11) is 0. The lowest BCUT2D eigenvalue weighted by Crippen LogP contribution is -2.43. The van der Waals surface area contributed by atoms with Crippen LogP contribution in [0.5, 0.6) is 5.88 Å². The first-order valence-electron chi connectivity index (χ1n) is 6.94. The summed E-state index contributed by atoms with van der Waals surface area (Å²) in [4.78, 5) is 6.55. The molecule has 0 aliphatic carbocycles. The molecule has 5 heteroatoms. The maximum atomic E-state index is 9.95. The molecule has 1 aliphatic heterocycles. The molecular weight excluding hydrogens is 242 g/mol. The highest BCUT2D eigenvalue weighted by atomic mass is 16.5. The summed E-state index contributed by atoms with van der Waals surface area (Å²) in [6.07, 6.45) is 1.59. The Morgan fingerprint density at radius 1 is 1.53 bits per heavy atom. The van der Waals surface area contributed by atoms with E-state index >= 15 is 0 Å². The van der Waals surface area contributed by atoms with Gasteiger partial charge in [0.15, 0.2) is 0 Å². The Hall–Kier alpha value is -1.49. The van der Waals surface area contributed by atoms with Crippen molar-refractivity contribution in [1.29, 1.82) is 0 Å². The fourth-order valence-corrected chi connectivity index (χ4v) is 2.19. The van der Waals surface area contributed by atoms with Crippen molar-refractivity contribution in [3.05, 3.63) is 12.1 Å². The number of ether oxygens (including phenoxy) is 1. The maximum absolute atomic E-state index is 9.95. The average Bonchev–Trinajstić information content (AvgIpc) is 2.41. The second-order valence-corrected chi connectivity index (χ2v) is 5.19. The Labute approximate surface area is 114 Å². The minimum absolute atomic E-state index is 0.298. The Kier molecular flexibility index (Phi) is 4.47. The second-order valence-electron chi connectivity index (χ2n) is 5.19. The lowest BCUT2D eigenvalue weighted by Gasteiger charge is -2.35. The number of piperidine rings is 1. The van der Waals surface area contributed by atoms with Crippen LogP contribution in [-0.4, -0.2) is 35.9 Å². The lowest BCUT2D eigenvalue weighted by molar-refractivity contribution is 0.102. The van der Waals surface area contributed by atoms with Crippen molar-refractivity contribution in [2.75, 3.05) is 30.3 Å². The van der Waals surface area contributed by atoms with E-state index < -0.39 is 0 Å². The van der Waals surface area contributed by atoms with E-state index in [4.69, 9.17) is 10.5 Å². The predicted octanol–water partition coefficient (Wildman–Crippen LogP) is 1.66. The van der Waals surface area contributed by atoms with Crippen molar-refractivity contribution in [1.82, 2.24) is 4.98 Å². The Bertz CT molecular complexity index is 425. The highest BCUT2D eigenvalue weighted by Gasteiger charge is 2.25. The highest BCUT2D eigenvalue weighted by molar-refractivity contribution is 5.54. The quantitative estimate of drug-likeness (QED) is 0.866. The van der Waals surface area contributed by atoms with Gasteiger partial charge in [-0.15, -0.1) is 0 Å². The van der Waals surface area contributed by atoms with Gasteiger partial charge in [-0.2, -0.15) is 4.98 Å². The second kappa shape index (κ2) is 6.10. The van der Waals surface area contributed by atoms with Gasteiger partial charge in [0.2, 0.25) is 5.88 Å². The smallest absolute Gasteiger partial charge is 0.239 e. The van der Waals surface area contributed by atoms with Crippen LogP contribution < -0.4 is 15.4 Å². The van der Waals surface area contributed by atoms with Crippen molar-refractivity contribution in [3.63, 3.8) is 0 Å². The molecule has 1 fully saturated rings. The van der Waals surface area contributed by atoms with Crippen LogP contribution in [0.3, 0.4) is 0 Å². The van der Waals surface area contributed by atoms with Gasteiger partial charge in [-0.1, -0.05) is 13.8 Å². The van der Waals surface area contributed by atoms with Gasteiger partial charge in [0.05, 0.1) is 18.4 Å². The molecule has 1 aliphatic rings. The van der Waals surface area contributed by atoms with Gasteiger partial charge in [-0.3, -0.25) is 0 Å². The van der Waals surface area contributed by atoms with E-state index in [0.717, 1.165) is 25.2 Å². The molecule has 2 heterocycles. The molecule has 0 aromatic carbocycles. The predicted molar refractivity (Wildman–Crippen MR) is 76.4 cm³/mol. The minimum atomic E-state index is -0.298. The van der Waals surface area contributed by atoms with Crippen LogP contribution in [-0.2, 0) is 0 Å². The van der Waals surface area contributed by atoms with Gasteiger partial charge < -0.3 is 20.5 Å². The molecule has 1 aromatic heterocycles. The van der Waals surface area contributed by atoms with Crippen molar-refractivity contribution in [2.45, 2.75) is 32.8 Å². The van der Waals surface area contributed by atoms with E-state index in [-0.39, 0.29) is 6.10 Å². The van der Waals surface area contributed by atoms with Crippen LogP contribution in [0.25, 0.3) is 0 Å². The van der Waals surface area contributed by atoms with Crippen LogP contribution in [0.2, 0.25) is 0 Å². The molecule has 0 radical (unpaired) electrons. The molecule has 2 atom stereocenters. The first kappa shape index (κ1) is 13.9. The summed E-state index contributed by atoms with van der Waals surface area (Å²) in [5, 5.41) is 9.95. The molecule has 2 rings (SSSR count). The molecule has 0 amide bonds. The van der Waals surface area contributed by atoms with Crippen molar-refractivity contribution in [2.24, 2.45) is 5.92 Å². The zero-order chi connectivity index (χ0) is 13.8. The van der Waals surface area contributed by atoms with Gasteiger partial charge in [0, 0.05) is 13.1 Å². The molecule has 1 aromatic rings. The third-order valence-corrected chi connectivity index (χ3v) is 3.56. The van der Waals surface area contributed by atoms with E-state index in [1.165, 1.54) is 0 Å². The largest absolute Gasteiger partial charge is 0.476 e. The zero-order valence-corrected chi connectivity index (χ0v) is 11.7. The number of nitrogens with zero attached hydrogens (tertiary/aromatic N) is 2. The fourth-order valence-electron chi connectivity index (χ4n) is 2.19. The summed E-state index contributed by atoms with van der Waals surface area (Å²) < 4.78 is 5.54. The number of aliphatic hydroxyl groups is 1. The first-order chi connectivity index (χ1) is 9.11. The Morgan fingerprint density at radius 3 is 3.00 bits per heavy atom. The molecule has 0 spiro atoms. The van der Waals surface area contributed by atoms with E-state index in [1.54, 1.807) is 0 Å². The number of anilines is 2. The molecule has 5 nitrogen and oxygen atoms in total. The summed E-state index contributed by atoms with van der Waals surface area (Å²) >= 11 is 0. The number of pyridine rings is 1. The summed E-state index contributed by atoms with van der Waals surface area (Å²) in [5.41, 5.74) is 6.41. The number of β-amino-alcohol motifs (C(OH)–C–C–N with tert-alkyl or cyclic N) is 1. The van der Waals surface area contributed by atoms with Gasteiger partial charge in [-0.05, 0) is 30.9 Å². The molecule has 19 heavy (non-hydrogen) atoms. The number of hydrogen-bond acceptors (Lipinski definition) is 5. The van der Waals surface area contributed by atoms with Crippen LogP contribution >= 0.6 is 0 Å². The monoisotopic (exact) mass is 265 g/mol. The molecule has 2 unspecified atom stereocenters. The normalized spacial score (nSPS) is 23.4. The molecule has 0 bridgehead atoms. The van der Waals surface area contributed by atoms with Crippen LogP contribution in [0.15, 0.2) is 12.1 Å². The fraction of sp³-hybridized carbons (Fsp3) is 0.643. The molecule has 3 N–H and O–H groups in total. The Morgan fingerprint density at radius 2 is 2.32 bits per heavy atom. The summed E-state index contributed by atoms with van der Waals surface area (Å²) in [5.74, 6) is 1.67. The van der Waals surface area contributed by atoms with Crippen molar-refractivity contribution in [3.8, 4) is 5.88 Å². The standard InChI is InChI=1S/C14H23N3O2/c1-3-8-19-14-11(15)4-5-13(16-14)17-7-6-10(2)12(18)9-17/h4-5,10,12,18H,3,6-9,15H2,1-2H3. The summed E-state index contributed by atoms with van der Waals surface area (Å²) in [6, 6.07) is 3.70. The van der Waals surface area contributed by atoms with Crippen LogP contribution in [0.1, 0.15) is 26.7 Å². The molecular formula is C14H23N3O2. The SMILES string of the molecule is CCCOc1nc(N2CCC(C)C(O)C2)ccc1N. The number of aliphatic hydroxyl groups excluding tert-OH is 1. The van der Waals surface area contributed by atoms with E-state index in [0.29, 0.717) is 30.6 Å². The summed E-state index contributed by atoms with van der Waals surface area (Å²) in [6.45, 7) is 6.25. The highest BCUT2D eigenvalue weighted by Crippen LogP contribution is 2.26. The maximum Gasteiger partial charge on any atom is 0.239 e. The number of aromatic nitrogens is 1. The first-order valence-corrected chi connectivity index (χ1v) is 6.94. The molecule has 1 saturated heterocycles. The third-order valence-electron chi connectivity index (χ3n) is 3.56. The minimum Gasteiger partial charge on any atom is -0.476 e. The van der Waals surface area contributed by atoms with Gasteiger partial charge >= 0.3 is 0 Å². The zero-order valence-electron chi connectivity index (χ0n) is 11.7. The van der Waals surface area contributed by atoms with Crippen molar-refractivity contribution < 1.29 is 9.84 Å². The number of hydrogen-bond donors (Lipinski definition) is 2. The van der Waals surface area contributed by atoms with Gasteiger partial charge in [0.1, 0.15) is 5.82 Å². The molecule has 106 valence electrons. The van der Waals surface area contributed by atoms with Crippen LogP contribution in [0.4, 0.5) is 11.5 Å². The lowest BCUT2D eigenvalue weighted by atomic mass is 9.96. The molecule has 0 saturated carbocycles. The van der Waals surface area contributed by atoms with Crippen LogP contribution in [0, 0.1) is 5.92 Å². The topological polar surface area (TPSA) is 71.6 Å². The van der Waals surface area contributed by atoms with Gasteiger partial charge in [0.25, 0.3) is 0 Å². The Balaban J connectivity index is 2.11. The average molecular weight is 265 g/mol. The number of nitrogens with two attached hydrogens (primary N) is 1. The van der Waals surface area contributed by atoms with Gasteiger partial charge in [-0.25, -0.2) is 0 Å². The van der Waals surface area contributed by atoms with Crippen molar-refractivity contribution >= 4 is 11.5 Å². The van der Waals surface area contributed by atoms with E-state index in [9.17, 15) is 5.11 Å².